The molecule has 0 N–H and O–H groups in total. The molecule has 4 rings (SSSR count). The maximum atomic E-state index is 13.6. The molecule has 186 valence electrons. The molecule has 7 nitrogen and oxygen atoms in total. The van der Waals surface area contributed by atoms with Crippen LogP contribution in [0.25, 0.3) is 11.3 Å². The van der Waals surface area contributed by atoms with Crippen LogP contribution in [0.5, 0.6) is 0 Å². The molecular formula is C26H37FN4O3. The summed E-state index contributed by atoms with van der Waals surface area (Å²) in [6.45, 7) is 11.4. The lowest BCUT2D eigenvalue weighted by Gasteiger charge is -2.33. The molecule has 0 aliphatic carbocycles. The van der Waals surface area contributed by atoms with Crippen molar-refractivity contribution in [3.8, 4) is 11.3 Å². The molecule has 0 saturated carbocycles. The van der Waals surface area contributed by atoms with Gasteiger partial charge in [0.15, 0.2) is 0 Å². The Kier molecular flexibility index (Phi) is 7.57. The van der Waals surface area contributed by atoms with E-state index in [9.17, 15) is 9.18 Å². The predicted molar refractivity (Wildman–Crippen MR) is 130 cm³/mol. The highest BCUT2D eigenvalue weighted by Crippen LogP contribution is 2.34. The fraction of sp³-hybridized carbons (Fsp3) is 0.615. The van der Waals surface area contributed by atoms with Crippen molar-refractivity contribution in [2.75, 3.05) is 51.3 Å². The Labute approximate surface area is 201 Å². The predicted octanol–water partition coefficient (Wildman–Crippen LogP) is 4.18. The normalized spacial score (nSPS) is 19.6. The molecule has 1 aromatic carbocycles. The second-order valence-electron chi connectivity index (χ2n) is 10.8. The Hall–Kier alpha value is -2.45. The summed E-state index contributed by atoms with van der Waals surface area (Å²) in [6, 6.07) is 6.29. The first-order valence-corrected chi connectivity index (χ1v) is 12.3. The second kappa shape index (κ2) is 10.4. The van der Waals surface area contributed by atoms with E-state index in [0.717, 1.165) is 56.8 Å². The fourth-order valence-corrected chi connectivity index (χ4v) is 4.58. The maximum Gasteiger partial charge on any atom is 0.232 e. The first-order valence-electron chi connectivity index (χ1n) is 12.3. The Bertz CT molecular complexity index is 955. The van der Waals surface area contributed by atoms with Crippen molar-refractivity contribution in [1.82, 2.24) is 15.0 Å². The van der Waals surface area contributed by atoms with Gasteiger partial charge in [-0.05, 0) is 49.6 Å². The Morgan fingerprint density at radius 1 is 1.18 bits per heavy atom. The molecule has 8 heteroatoms. The van der Waals surface area contributed by atoms with Gasteiger partial charge in [-0.2, -0.15) is 0 Å². The number of anilines is 1. The van der Waals surface area contributed by atoms with Gasteiger partial charge in [0.1, 0.15) is 11.5 Å². The number of likely N-dealkylation sites (N-methyl/N-ethyl adjacent to an activating group) is 1. The van der Waals surface area contributed by atoms with Crippen LogP contribution in [0.1, 0.15) is 45.6 Å². The number of benzene rings is 1. The maximum absolute atomic E-state index is 13.6. The monoisotopic (exact) mass is 472 g/mol. The van der Waals surface area contributed by atoms with Crippen LogP contribution in [0.4, 0.5) is 10.3 Å². The van der Waals surface area contributed by atoms with Gasteiger partial charge in [0, 0.05) is 51.3 Å². The van der Waals surface area contributed by atoms with E-state index in [1.165, 1.54) is 12.1 Å². The standard InChI is InChI=1S/C26H37FN4O3/c1-26(2,3)16-23(32)31(17-21-6-5-15-33-21)18-22-24(19-7-9-20(27)10-8-19)28-34-25(22)30-13-11-29(4)12-14-30/h7-10,21H,5-6,11-18H2,1-4H3/t21-/m1/s1. The summed E-state index contributed by atoms with van der Waals surface area (Å²) in [4.78, 5) is 19.8. The minimum absolute atomic E-state index is 0.0464. The molecule has 3 heterocycles. The third-order valence-corrected chi connectivity index (χ3v) is 6.51. The van der Waals surface area contributed by atoms with Gasteiger partial charge >= 0.3 is 0 Å². The molecule has 2 aliphatic rings. The zero-order chi connectivity index (χ0) is 24.3. The zero-order valence-corrected chi connectivity index (χ0v) is 20.8. The third-order valence-electron chi connectivity index (χ3n) is 6.51. The summed E-state index contributed by atoms with van der Waals surface area (Å²) in [5.74, 6) is 0.500. The van der Waals surface area contributed by atoms with Crippen LogP contribution in [0.3, 0.4) is 0 Å². The van der Waals surface area contributed by atoms with Crippen LogP contribution >= 0.6 is 0 Å². The number of amides is 1. The molecular weight excluding hydrogens is 435 g/mol. The SMILES string of the molecule is CN1CCN(c2onc(-c3ccc(F)cc3)c2CN(C[C@H]2CCCO2)C(=O)CC(C)(C)C)CC1. The summed E-state index contributed by atoms with van der Waals surface area (Å²) in [5.41, 5.74) is 2.19. The summed E-state index contributed by atoms with van der Waals surface area (Å²) in [7, 11) is 2.11. The molecule has 2 aromatic rings. The van der Waals surface area contributed by atoms with Gasteiger partial charge < -0.3 is 24.0 Å². The van der Waals surface area contributed by atoms with E-state index in [4.69, 9.17) is 9.26 Å². The minimum atomic E-state index is -0.298. The molecule has 0 radical (unpaired) electrons. The summed E-state index contributed by atoms with van der Waals surface area (Å²) >= 11 is 0. The summed E-state index contributed by atoms with van der Waals surface area (Å²) in [5, 5.41) is 4.41. The molecule has 1 amide bonds. The van der Waals surface area contributed by atoms with Crippen LogP contribution in [0.15, 0.2) is 28.8 Å². The van der Waals surface area contributed by atoms with Crippen LogP contribution in [-0.2, 0) is 16.1 Å². The van der Waals surface area contributed by atoms with Gasteiger partial charge in [-0.1, -0.05) is 25.9 Å². The van der Waals surface area contributed by atoms with Crippen LogP contribution in [0.2, 0.25) is 0 Å². The van der Waals surface area contributed by atoms with E-state index in [2.05, 4.69) is 42.8 Å². The minimum Gasteiger partial charge on any atom is -0.376 e. The number of piperazine rings is 1. The molecule has 2 saturated heterocycles. The molecule has 1 atom stereocenters. The van der Waals surface area contributed by atoms with Crippen molar-refractivity contribution in [2.45, 2.75) is 52.7 Å². The van der Waals surface area contributed by atoms with E-state index in [-0.39, 0.29) is 23.2 Å². The lowest BCUT2D eigenvalue weighted by Crippen LogP contribution is -2.45. The van der Waals surface area contributed by atoms with E-state index < -0.39 is 0 Å². The highest BCUT2D eigenvalue weighted by molar-refractivity contribution is 5.78. The van der Waals surface area contributed by atoms with Crippen molar-refractivity contribution >= 4 is 11.8 Å². The molecule has 1 aromatic heterocycles. The number of hydrogen-bond donors (Lipinski definition) is 0. The Morgan fingerprint density at radius 2 is 1.88 bits per heavy atom. The third kappa shape index (κ3) is 6.16. The summed E-state index contributed by atoms with van der Waals surface area (Å²) < 4.78 is 25.4. The Balaban J connectivity index is 1.68. The fourth-order valence-electron chi connectivity index (χ4n) is 4.58. The first-order chi connectivity index (χ1) is 16.2. The van der Waals surface area contributed by atoms with Gasteiger partial charge in [0.25, 0.3) is 0 Å². The number of hydrogen-bond acceptors (Lipinski definition) is 6. The molecule has 2 aliphatic heterocycles. The lowest BCUT2D eigenvalue weighted by atomic mass is 9.91. The Morgan fingerprint density at radius 3 is 2.50 bits per heavy atom. The van der Waals surface area contributed by atoms with Crippen molar-refractivity contribution in [3.63, 3.8) is 0 Å². The van der Waals surface area contributed by atoms with E-state index in [1.807, 2.05) is 4.90 Å². The van der Waals surface area contributed by atoms with Crippen molar-refractivity contribution in [2.24, 2.45) is 5.41 Å². The van der Waals surface area contributed by atoms with Crippen LogP contribution in [0, 0.1) is 11.2 Å². The van der Waals surface area contributed by atoms with Gasteiger partial charge in [-0.25, -0.2) is 4.39 Å². The molecule has 0 bridgehead atoms. The number of carbonyl (C=O) groups is 1. The quantitative estimate of drug-likeness (QED) is 0.603. The van der Waals surface area contributed by atoms with Gasteiger partial charge in [-0.3, -0.25) is 4.79 Å². The van der Waals surface area contributed by atoms with E-state index in [0.29, 0.717) is 31.1 Å². The number of aromatic nitrogens is 1. The molecule has 0 spiro atoms. The van der Waals surface area contributed by atoms with Crippen molar-refractivity contribution in [3.05, 3.63) is 35.6 Å². The highest BCUT2D eigenvalue weighted by atomic mass is 19.1. The van der Waals surface area contributed by atoms with Crippen LogP contribution < -0.4 is 4.90 Å². The topological polar surface area (TPSA) is 62.1 Å². The molecule has 0 unspecified atom stereocenters. The zero-order valence-electron chi connectivity index (χ0n) is 20.8. The van der Waals surface area contributed by atoms with Gasteiger partial charge in [-0.15, -0.1) is 0 Å². The largest absolute Gasteiger partial charge is 0.376 e. The number of carbonyl (C=O) groups excluding carboxylic acids is 1. The van der Waals surface area contributed by atoms with E-state index in [1.54, 1.807) is 12.1 Å². The van der Waals surface area contributed by atoms with Gasteiger partial charge in [0.2, 0.25) is 11.8 Å². The number of halogens is 1. The lowest BCUT2D eigenvalue weighted by molar-refractivity contribution is -0.135. The van der Waals surface area contributed by atoms with Gasteiger partial charge in [0.05, 0.1) is 18.2 Å². The van der Waals surface area contributed by atoms with Crippen molar-refractivity contribution < 1.29 is 18.4 Å². The smallest absolute Gasteiger partial charge is 0.232 e. The number of ether oxygens (including phenoxy) is 1. The average molecular weight is 473 g/mol. The van der Waals surface area contributed by atoms with Crippen LogP contribution in [-0.4, -0.2) is 73.3 Å². The second-order valence-corrected chi connectivity index (χ2v) is 10.8. The van der Waals surface area contributed by atoms with Crippen molar-refractivity contribution in [1.29, 1.82) is 0 Å². The summed E-state index contributed by atoms with van der Waals surface area (Å²) in [6.07, 6.45) is 2.47. The highest BCUT2D eigenvalue weighted by Gasteiger charge is 2.31. The van der Waals surface area contributed by atoms with E-state index >= 15 is 0 Å². The first kappa shape index (κ1) is 24.7. The average Bonchev–Trinajstić information content (AvgIpc) is 3.43. The molecule has 2 fully saturated rings. The number of rotatable bonds is 7. The number of nitrogens with zero attached hydrogens (tertiary/aromatic N) is 4. The molecule has 34 heavy (non-hydrogen) atoms.